The lowest BCUT2D eigenvalue weighted by Crippen LogP contribution is -2.65. The van der Waals surface area contributed by atoms with Crippen molar-refractivity contribution in [3.05, 3.63) is 11.1 Å². The molecule has 0 aromatic rings. The van der Waals surface area contributed by atoms with E-state index in [9.17, 15) is 9.18 Å². The van der Waals surface area contributed by atoms with Gasteiger partial charge in [-0.3, -0.25) is 9.59 Å². The van der Waals surface area contributed by atoms with Gasteiger partial charge in [-0.25, -0.2) is 4.39 Å². The molecule has 1 amide bonds. The summed E-state index contributed by atoms with van der Waals surface area (Å²) in [5, 5.41) is 0. The Balaban J connectivity index is 1.23. The molecule has 0 N–H and O–H groups in total. The molecule has 0 spiro atoms. The number of likely N-dealkylation sites (tertiary alicyclic amines) is 2. The maximum atomic E-state index is 15.2. The molecule has 4 nitrogen and oxygen atoms in total. The second-order valence-electron chi connectivity index (χ2n) is 19.3. The summed E-state index contributed by atoms with van der Waals surface area (Å²) in [7, 11) is 0. The fraction of sp³-hybridized carbons (Fsp3) is 0.902. The van der Waals surface area contributed by atoms with Crippen molar-refractivity contribution in [1.29, 1.82) is 0 Å². The summed E-state index contributed by atoms with van der Waals surface area (Å²) in [6.07, 6.45) is 12.5. The lowest BCUT2D eigenvalue weighted by molar-refractivity contribution is -0.220. The number of halogens is 1. The molecule has 0 radical (unpaired) electrons. The smallest absolute Gasteiger partial charge is 0.233 e. The molecular formula is C41H65FN2O2. The molecule has 9 atom stereocenters. The van der Waals surface area contributed by atoms with E-state index in [2.05, 4.69) is 65.2 Å². The second kappa shape index (κ2) is 11.1. The third kappa shape index (κ3) is 4.50. The minimum atomic E-state index is -0.678. The summed E-state index contributed by atoms with van der Waals surface area (Å²) in [6, 6.07) is 0.186. The van der Waals surface area contributed by atoms with Gasteiger partial charge in [0.05, 0.1) is 5.41 Å². The summed E-state index contributed by atoms with van der Waals surface area (Å²) in [5.41, 5.74) is 2.73. The highest BCUT2D eigenvalue weighted by atomic mass is 19.1. The number of carbonyl (C=O) groups excluding carboxylic acids is 2. The van der Waals surface area contributed by atoms with Gasteiger partial charge in [-0.1, -0.05) is 55.4 Å². The van der Waals surface area contributed by atoms with Gasteiger partial charge in [-0.15, -0.1) is 0 Å². The van der Waals surface area contributed by atoms with Crippen LogP contribution < -0.4 is 0 Å². The van der Waals surface area contributed by atoms with Gasteiger partial charge < -0.3 is 9.80 Å². The molecule has 2 aliphatic heterocycles. The first-order valence-electron chi connectivity index (χ1n) is 19.6. The molecule has 0 bridgehead atoms. The molecule has 7 aliphatic rings. The van der Waals surface area contributed by atoms with Crippen LogP contribution >= 0.6 is 0 Å². The topological polar surface area (TPSA) is 40.6 Å². The molecule has 4 saturated carbocycles. The van der Waals surface area contributed by atoms with Gasteiger partial charge in [-0.05, 0) is 139 Å². The fourth-order valence-corrected chi connectivity index (χ4v) is 14.0. The van der Waals surface area contributed by atoms with Gasteiger partial charge in [0.2, 0.25) is 5.91 Å². The predicted octanol–water partition coefficient (Wildman–Crippen LogP) is 9.03. The molecule has 5 aliphatic carbocycles. The van der Waals surface area contributed by atoms with Crippen molar-refractivity contribution in [2.45, 2.75) is 151 Å². The number of hydrogen-bond donors (Lipinski definition) is 0. The average Bonchev–Trinajstić information content (AvgIpc) is 3.58. The molecule has 2 heterocycles. The second-order valence-corrected chi connectivity index (χ2v) is 19.3. The van der Waals surface area contributed by atoms with Gasteiger partial charge in [0.1, 0.15) is 6.17 Å². The number of hydrogen-bond acceptors (Lipinski definition) is 3. The molecule has 46 heavy (non-hydrogen) atoms. The Morgan fingerprint density at radius 3 is 2.26 bits per heavy atom. The minimum Gasteiger partial charge on any atom is -0.338 e. The van der Waals surface area contributed by atoms with Crippen LogP contribution in [0, 0.1) is 56.7 Å². The Kier molecular flexibility index (Phi) is 8.06. The first kappa shape index (κ1) is 33.3. The SMILES string of the molecule is CC(C)C1=C2[C@H]3CC[C@@H]4[C@@]5(C)CC[C@H](C)C(C)(C)[C@@H]5CC[C@@]4(C)[C@]3(C)CC[C@@]2(C(=O)N2CCC[C@H]2CN2CCC(F)CC2)CC1=O. The van der Waals surface area contributed by atoms with Crippen molar-refractivity contribution in [1.82, 2.24) is 9.80 Å². The maximum absolute atomic E-state index is 15.2. The van der Waals surface area contributed by atoms with Crippen molar-refractivity contribution in [3.8, 4) is 0 Å². The number of fused-ring (bicyclic) bond motifs is 7. The Hall–Kier alpha value is -1.23. The number of amides is 1. The van der Waals surface area contributed by atoms with Crippen LogP contribution in [-0.4, -0.2) is 59.9 Å². The molecule has 258 valence electrons. The van der Waals surface area contributed by atoms with E-state index in [1.807, 2.05) is 0 Å². The lowest BCUT2D eigenvalue weighted by atomic mass is 9.32. The van der Waals surface area contributed by atoms with E-state index in [0.717, 1.165) is 75.7 Å². The van der Waals surface area contributed by atoms with Crippen LogP contribution in [0.4, 0.5) is 4.39 Å². The summed E-state index contributed by atoms with van der Waals surface area (Å²) in [6.45, 7) is 23.2. The molecule has 6 fully saturated rings. The summed E-state index contributed by atoms with van der Waals surface area (Å²) < 4.78 is 13.9. The quantitative estimate of drug-likeness (QED) is 0.309. The third-order valence-electron chi connectivity index (χ3n) is 17.0. The van der Waals surface area contributed by atoms with Crippen LogP contribution in [-0.2, 0) is 9.59 Å². The third-order valence-corrected chi connectivity index (χ3v) is 17.0. The summed E-state index contributed by atoms with van der Waals surface area (Å²) >= 11 is 0. The summed E-state index contributed by atoms with van der Waals surface area (Å²) in [5.74, 6) is 3.23. The van der Waals surface area contributed by atoms with E-state index < -0.39 is 11.6 Å². The fourth-order valence-electron chi connectivity index (χ4n) is 14.0. The number of carbonyl (C=O) groups is 2. The first-order chi connectivity index (χ1) is 21.6. The van der Waals surface area contributed by atoms with E-state index >= 15 is 4.79 Å². The minimum absolute atomic E-state index is 0.0993. The number of ketones is 1. The Morgan fingerprint density at radius 1 is 0.848 bits per heavy atom. The zero-order valence-electron chi connectivity index (χ0n) is 30.7. The molecule has 0 aromatic carbocycles. The number of allylic oxidation sites excluding steroid dienone is 1. The Bertz CT molecular complexity index is 1280. The van der Waals surface area contributed by atoms with Crippen molar-refractivity contribution < 1.29 is 14.0 Å². The largest absolute Gasteiger partial charge is 0.338 e. The van der Waals surface area contributed by atoms with E-state index in [0.29, 0.717) is 41.9 Å². The van der Waals surface area contributed by atoms with Gasteiger partial charge in [0.15, 0.2) is 5.78 Å². The van der Waals surface area contributed by atoms with E-state index in [1.54, 1.807) is 0 Å². The maximum Gasteiger partial charge on any atom is 0.233 e. The van der Waals surface area contributed by atoms with Crippen LogP contribution in [0.3, 0.4) is 0 Å². The average molecular weight is 637 g/mol. The first-order valence-corrected chi connectivity index (χ1v) is 19.6. The van der Waals surface area contributed by atoms with Gasteiger partial charge in [0, 0.05) is 38.6 Å². The van der Waals surface area contributed by atoms with Crippen molar-refractivity contribution in [3.63, 3.8) is 0 Å². The van der Waals surface area contributed by atoms with Gasteiger partial charge in [0.25, 0.3) is 0 Å². The van der Waals surface area contributed by atoms with Crippen LogP contribution in [0.2, 0.25) is 0 Å². The van der Waals surface area contributed by atoms with Gasteiger partial charge >= 0.3 is 0 Å². The molecule has 7 rings (SSSR count). The van der Waals surface area contributed by atoms with E-state index in [4.69, 9.17) is 0 Å². The summed E-state index contributed by atoms with van der Waals surface area (Å²) in [4.78, 5) is 33.9. The number of nitrogens with zero attached hydrogens (tertiary/aromatic N) is 2. The highest BCUT2D eigenvalue weighted by Gasteiger charge is 2.71. The number of alkyl halides is 1. The molecular weight excluding hydrogens is 571 g/mol. The molecule has 2 saturated heterocycles. The van der Waals surface area contributed by atoms with Gasteiger partial charge in [-0.2, -0.15) is 0 Å². The van der Waals surface area contributed by atoms with Crippen LogP contribution in [0.15, 0.2) is 11.1 Å². The molecule has 5 heteroatoms. The lowest BCUT2D eigenvalue weighted by Gasteiger charge is -2.72. The standard InChI is InChI=1S/C41H65FN2O2/c1-26(2)34-31(45)24-41(36(46)44-21-9-10-29(44)25-43-22-15-28(42)16-23-43)20-19-39(7)30(35(34)41)11-12-33-38(6)17-13-27(3)37(4,5)32(38)14-18-40(33,39)8/h26-30,32-33H,9-25H2,1-8H3/t27-,29-,30+,32-,33+,38-,39+,40+,41+/m0/s1. The molecule has 0 unspecified atom stereocenters. The number of Topliss-reactive ketones (excluding diaryl/α,β-unsaturated/α-hetero) is 1. The van der Waals surface area contributed by atoms with Crippen LogP contribution in [0.5, 0.6) is 0 Å². The normalized spacial score (nSPS) is 46.3. The predicted molar refractivity (Wildman–Crippen MR) is 184 cm³/mol. The van der Waals surface area contributed by atoms with E-state index in [-0.39, 0.29) is 34.5 Å². The zero-order chi connectivity index (χ0) is 33.0. The van der Waals surface area contributed by atoms with E-state index in [1.165, 1.54) is 37.7 Å². The highest BCUT2D eigenvalue weighted by Crippen LogP contribution is 2.77. The van der Waals surface area contributed by atoms with Crippen molar-refractivity contribution in [2.24, 2.45) is 56.7 Å². The number of piperidine rings is 1. The Labute approximate surface area is 280 Å². The monoisotopic (exact) mass is 637 g/mol. The zero-order valence-corrected chi connectivity index (χ0v) is 30.7. The highest BCUT2D eigenvalue weighted by molar-refractivity contribution is 6.07. The van der Waals surface area contributed by atoms with Crippen LogP contribution in [0.25, 0.3) is 0 Å². The van der Waals surface area contributed by atoms with Crippen LogP contribution in [0.1, 0.15) is 139 Å². The van der Waals surface area contributed by atoms with Crippen molar-refractivity contribution >= 4 is 11.7 Å². The molecule has 0 aromatic heterocycles. The van der Waals surface area contributed by atoms with Crippen molar-refractivity contribution in [2.75, 3.05) is 26.2 Å². The number of rotatable bonds is 4. The Morgan fingerprint density at radius 2 is 1.57 bits per heavy atom.